The molecule has 19 heavy (non-hydrogen) atoms. The van der Waals surface area contributed by atoms with E-state index in [9.17, 15) is 0 Å². The first-order valence-electron chi connectivity index (χ1n) is 7.36. The molecule has 0 saturated carbocycles. The van der Waals surface area contributed by atoms with Gasteiger partial charge >= 0.3 is 0 Å². The maximum absolute atomic E-state index is 4.90. The molecule has 4 heteroatoms. The fraction of sp³-hybridized carbons (Fsp3) is 0.800. The highest BCUT2D eigenvalue weighted by molar-refractivity contribution is 7.15. The molecule has 1 aliphatic heterocycles. The van der Waals surface area contributed by atoms with Crippen LogP contribution in [0.1, 0.15) is 63.9 Å². The van der Waals surface area contributed by atoms with E-state index in [1.54, 1.807) is 0 Å². The lowest BCUT2D eigenvalue weighted by molar-refractivity contribution is 0.425. The SMILES string of the molecule is CC(C)c1nc(N2CCCC2)sc1CNC(C)(C)C. The van der Waals surface area contributed by atoms with E-state index in [1.165, 1.54) is 41.6 Å². The molecule has 0 aliphatic carbocycles. The fourth-order valence-corrected chi connectivity index (χ4v) is 3.52. The van der Waals surface area contributed by atoms with E-state index in [0.717, 1.165) is 6.54 Å². The predicted molar refractivity (Wildman–Crippen MR) is 84.2 cm³/mol. The van der Waals surface area contributed by atoms with Gasteiger partial charge in [-0.15, -0.1) is 11.3 Å². The Morgan fingerprint density at radius 1 is 1.26 bits per heavy atom. The molecule has 0 spiro atoms. The third-order valence-electron chi connectivity index (χ3n) is 3.42. The predicted octanol–water partition coefficient (Wildman–Crippen LogP) is 3.75. The van der Waals surface area contributed by atoms with Crippen molar-refractivity contribution in [3.63, 3.8) is 0 Å². The number of anilines is 1. The Bertz CT molecular complexity index is 412. The minimum atomic E-state index is 0.159. The summed E-state index contributed by atoms with van der Waals surface area (Å²) in [7, 11) is 0. The van der Waals surface area contributed by atoms with Gasteiger partial charge in [-0.3, -0.25) is 0 Å². The van der Waals surface area contributed by atoms with Crippen LogP contribution in [0.2, 0.25) is 0 Å². The molecule has 1 aliphatic rings. The van der Waals surface area contributed by atoms with Gasteiger partial charge in [-0.05, 0) is 39.5 Å². The highest BCUT2D eigenvalue weighted by Crippen LogP contribution is 2.32. The van der Waals surface area contributed by atoms with Gasteiger partial charge in [-0.2, -0.15) is 0 Å². The Labute approximate surface area is 121 Å². The van der Waals surface area contributed by atoms with Gasteiger partial charge in [0, 0.05) is 30.1 Å². The van der Waals surface area contributed by atoms with Crippen molar-refractivity contribution in [3.05, 3.63) is 10.6 Å². The summed E-state index contributed by atoms with van der Waals surface area (Å²) in [6.45, 7) is 14.4. The van der Waals surface area contributed by atoms with Crippen LogP contribution < -0.4 is 10.2 Å². The van der Waals surface area contributed by atoms with E-state index >= 15 is 0 Å². The number of nitrogens with one attached hydrogen (secondary N) is 1. The summed E-state index contributed by atoms with van der Waals surface area (Å²) in [6, 6.07) is 0. The van der Waals surface area contributed by atoms with Gasteiger partial charge in [-0.25, -0.2) is 4.98 Å². The first-order valence-corrected chi connectivity index (χ1v) is 8.18. The molecule has 1 aromatic rings. The van der Waals surface area contributed by atoms with E-state index in [2.05, 4.69) is 44.8 Å². The van der Waals surface area contributed by atoms with E-state index in [1.807, 2.05) is 11.3 Å². The van der Waals surface area contributed by atoms with E-state index in [0.29, 0.717) is 5.92 Å². The average Bonchev–Trinajstić information content (AvgIpc) is 2.94. The summed E-state index contributed by atoms with van der Waals surface area (Å²) >= 11 is 1.88. The molecule has 0 radical (unpaired) electrons. The summed E-state index contributed by atoms with van der Waals surface area (Å²) in [4.78, 5) is 8.75. The highest BCUT2D eigenvalue weighted by Gasteiger charge is 2.21. The summed E-state index contributed by atoms with van der Waals surface area (Å²) in [5.41, 5.74) is 1.44. The lowest BCUT2D eigenvalue weighted by Gasteiger charge is -2.20. The maximum atomic E-state index is 4.90. The van der Waals surface area contributed by atoms with E-state index in [4.69, 9.17) is 4.98 Å². The molecule has 0 amide bonds. The quantitative estimate of drug-likeness (QED) is 0.911. The van der Waals surface area contributed by atoms with Crippen LogP contribution in [-0.4, -0.2) is 23.6 Å². The second-order valence-corrected chi connectivity index (χ2v) is 7.82. The Morgan fingerprint density at radius 2 is 1.89 bits per heavy atom. The minimum absolute atomic E-state index is 0.159. The second kappa shape index (κ2) is 5.80. The zero-order valence-corrected chi connectivity index (χ0v) is 13.7. The van der Waals surface area contributed by atoms with Crippen molar-refractivity contribution in [2.75, 3.05) is 18.0 Å². The number of thiazole rings is 1. The molecule has 0 atom stereocenters. The summed E-state index contributed by atoms with van der Waals surface area (Å²) in [5, 5.41) is 4.82. The molecule has 0 unspecified atom stereocenters. The normalized spacial score (nSPS) is 16.6. The number of nitrogens with zero attached hydrogens (tertiary/aromatic N) is 2. The lowest BCUT2D eigenvalue weighted by Crippen LogP contribution is -2.35. The molecule has 2 heterocycles. The van der Waals surface area contributed by atoms with Crippen LogP contribution in [0.5, 0.6) is 0 Å². The number of rotatable bonds is 4. The topological polar surface area (TPSA) is 28.2 Å². The molecular formula is C15H27N3S. The van der Waals surface area contributed by atoms with Crippen molar-refractivity contribution in [2.24, 2.45) is 0 Å². The Balaban J connectivity index is 2.15. The molecule has 1 saturated heterocycles. The molecule has 1 N–H and O–H groups in total. The van der Waals surface area contributed by atoms with Gasteiger partial charge in [0.05, 0.1) is 5.69 Å². The minimum Gasteiger partial charge on any atom is -0.348 e. The molecule has 2 rings (SSSR count). The molecule has 108 valence electrons. The van der Waals surface area contributed by atoms with Gasteiger partial charge in [0.15, 0.2) is 5.13 Å². The maximum Gasteiger partial charge on any atom is 0.185 e. The third-order valence-corrected chi connectivity index (χ3v) is 4.55. The Morgan fingerprint density at radius 3 is 2.42 bits per heavy atom. The summed E-state index contributed by atoms with van der Waals surface area (Å²) < 4.78 is 0. The van der Waals surface area contributed by atoms with Gasteiger partial charge in [-0.1, -0.05) is 13.8 Å². The second-order valence-electron chi connectivity index (χ2n) is 6.76. The van der Waals surface area contributed by atoms with Gasteiger partial charge in [0.1, 0.15) is 0 Å². The van der Waals surface area contributed by atoms with Gasteiger partial charge in [0.25, 0.3) is 0 Å². The van der Waals surface area contributed by atoms with Gasteiger partial charge in [0.2, 0.25) is 0 Å². The van der Waals surface area contributed by atoms with Crippen LogP contribution in [0.15, 0.2) is 0 Å². The monoisotopic (exact) mass is 281 g/mol. The van der Waals surface area contributed by atoms with Crippen LogP contribution in [0.3, 0.4) is 0 Å². The third kappa shape index (κ3) is 3.93. The molecule has 0 bridgehead atoms. The molecule has 1 fully saturated rings. The highest BCUT2D eigenvalue weighted by atomic mass is 32.1. The number of hydrogen-bond donors (Lipinski definition) is 1. The summed E-state index contributed by atoms with van der Waals surface area (Å²) in [6.07, 6.45) is 2.62. The van der Waals surface area contributed by atoms with Crippen molar-refractivity contribution in [1.82, 2.24) is 10.3 Å². The Hall–Kier alpha value is -0.610. The largest absolute Gasteiger partial charge is 0.348 e. The first kappa shape index (κ1) is 14.8. The van der Waals surface area contributed by atoms with Gasteiger partial charge < -0.3 is 10.2 Å². The van der Waals surface area contributed by atoms with Crippen molar-refractivity contribution < 1.29 is 0 Å². The molecule has 1 aromatic heterocycles. The van der Waals surface area contributed by atoms with Crippen molar-refractivity contribution >= 4 is 16.5 Å². The zero-order valence-electron chi connectivity index (χ0n) is 12.9. The number of aromatic nitrogens is 1. The molecular weight excluding hydrogens is 254 g/mol. The summed E-state index contributed by atoms with van der Waals surface area (Å²) in [5.74, 6) is 0.504. The number of hydrogen-bond acceptors (Lipinski definition) is 4. The molecule has 0 aromatic carbocycles. The van der Waals surface area contributed by atoms with Crippen molar-refractivity contribution in [1.29, 1.82) is 0 Å². The first-order chi connectivity index (χ1) is 8.87. The molecule has 3 nitrogen and oxygen atoms in total. The van der Waals surface area contributed by atoms with Crippen LogP contribution in [0.4, 0.5) is 5.13 Å². The van der Waals surface area contributed by atoms with E-state index < -0.39 is 0 Å². The van der Waals surface area contributed by atoms with Crippen molar-refractivity contribution in [2.45, 2.75) is 65.5 Å². The fourth-order valence-electron chi connectivity index (χ4n) is 2.32. The standard InChI is InChI=1S/C15H27N3S/c1-11(2)13-12(10-16-15(3,4)5)19-14(17-13)18-8-6-7-9-18/h11,16H,6-10H2,1-5H3. The van der Waals surface area contributed by atoms with Crippen LogP contribution in [-0.2, 0) is 6.54 Å². The van der Waals surface area contributed by atoms with Crippen LogP contribution in [0, 0.1) is 0 Å². The Kier molecular flexibility index (Phi) is 4.51. The van der Waals surface area contributed by atoms with Crippen LogP contribution in [0.25, 0.3) is 0 Å². The van der Waals surface area contributed by atoms with E-state index in [-0.39, 0.29) is 5.54 Å². The van der Waals surface area contributed by atoms with Crippen molar-refractivity contribution in [3.8, 4) is 0 Å². The lowest BCUT2D eigenvalue weighted by atomic mass is 10.1. The smallest absolute Gasteiger partial charge is 0.185 e. The average molecular weight is 281 g/mol. The zero-order chi connectivity index (χ0) is 14.0. The van der Waals surface area contributed by atoms with Crippen LogP contribution >= 0.6 is 11.3 Å².